The molecule has 0 aromatic heterocycles. The lowest BCUT2D eigenvalue weighted by atomic mass is 10.1. The highest BCUT2D eigenvalue weighted by Crippen LogP contribution is 2.22. The van der Waals surface area contributed by atoms with Crippen molar-refractivity contribution in [1.82, 2.24) is 0 Å². The molecule has 1 rings (SSSR count). The molecule has 1 aromatic carbocycles. The van der Waals surface area contributed by atoms with Crippen molar-refractivity contribution >= 4 is 5.78 Å². The van der Waals surface area contributed by atoms with Gasteiger partial charge in [-0.05, 0) is 24.6 Å². The molecule has 0 amide bonds. The second-order valence-electron chi connectivity index (χ2n) is 2.97. The van der Waals surface area contributed by atoms with Crippen LogP contribution in [0.25, 0.3) is 0 Å². The van der Waals surface area contributed by atoms with Gasteiger partial charge in [0.25, 0.3) is 0 Å². The smallest absolute Gasteiger partial charge is 0.200 e. The first-order valence-corrected chi connectivity index (χ1v) is 4.06. The Hall–Kier alpha value is -1.45. The summed E-state index contributed by atoms with van der Waals surface area (Å²) in [5.74, 6) is -2.32. The van der Waals surface area contributed by atoms with Crippen molar-refractivity contribution in [3.63, 3.8) is 0 Å². The van der Waals surface area contributed by atoms with Crippen LogP contribution in [-0.2, 0) is 11.2 Å². The first-order chi connectivity index (χ1) is 6.54. The summed E-state index contributed by atoms with van der Waals surface area (Å²) in [4.78, 5) is 10.8. The highest BCUT2D eigenvalue weighted by molar-refractivity contribution is 5.78. The molecule has 0 saturated carbocycles. The zero-order chi connectivity index (χ0) is 10.7. The predicted octanol–water partition coefficient (Wildman–Crippen LogP) is 2.10. The van der Waals surface area contributed by atoms with Gasteiger partial charge in [0.05, 0.1) is 7.11 Å². The number of ether oxygens (including phenoxy) is 1. The molecule has 0 N–H and O–H groups in total. The summed E-state index contributed by atoms with van der Waals surface area (Å²) >= 11 is 0. The number of hydrogen-bond donors (Lipinski definition) is 0. The number of ketones is 1. The van der Waals surface area contributed by atoms with Gasteiger partial charge >= 0.3 is 0 Å². The van der Waals surface area contributed by atoms with Gasteiger partial charge < -0.3 is 4.74 Å². The van der Waals surface area contributed by atoms with Crippen molar-refractivity contribution in [1.29, 1.82) is 0 Å². The lowest BCUT2D eigenvalue weighted by Gasteiger charge is -2.05. The van der Waals surface area contributed by atoms with Gasteiger partial charge in [-0.3, -0.25) is 4.79 Å². The molecule has 2 nitrogen and oxygen atoms in total. The molecule has 0 radical (unpaired) electrons. The van der Waals surface area contributed by atoms with Crippen molar-refractivity contribution in [3.8, 4) is 5.75 Å². The summed E-state index contributed by atoms with van der Waals surface area (Å²) in [5.41, 5.74) is 0.410. The number of halogens is 2. The topological polar surface area (TPSA) is 26.3 Å². The number of methoxy groups -OCH3 is 1. The molecule has 0 saturated heterocycles. The monoisotopic (exact) mass is 200 g/mol. The van der Waals surface area contributed by atoms with Gasteiger partial charge in [0.1, 0.15) is 5.78 Å². The SMILES string of the molecule is COc1cc(CC(C)=O)cc(F)c1F. The van der Waals surface area contributed by atoms with E-state index in [0.717, 1.165) is 6.07 Å². The maximum atomic E-state index is 12.9. The molecule has 0 unspecified atom stereocenters. The van der Waals surface area contributed by atoms with Crippen molar-refractivity contribution in [2.75, 3.05) is 7.11 Å². The van der Waals surface area contributed by atoms with Gasteiger partial charge in [-0.2, -0.15) is 4.39 Å². The maximum Gasteiger partial charge on any atom is 0.200 e. The minimum absolute atomic E-state index is 0.0769. The van der Waals surface area contributed by atoms with Crippen molar-refractivity contribution in [3.05, 3.63) is 29.3 Å². The second kappa shape index (κ2) is 4.17. The van der Waals surface area contributed by atoms with Crippen molar-refractivity contribution < 1.29 is 18.3 Å². The fourth-order valence-electron chi connectivity index (χ4n) is 1.16. The summed E-state index contributed by atoms with van der Waals surface area (Å²) in [5, 5.41) is 0. The molecule has 4 heteroatoms. The van der Waals surface area contributed by atoms with E-state index in [-0.39, 0.29) is 18.0 Å². The third-order valence-electron chi connectivity index (χ3n) is 1.73. The second-order valence-corrected chi connectivity index (χ2v) is 2.97. The van der Waals surface area contributed by atoms with Gasteiger partial charge in [0.15, 0.2) is 11.6 Å². The molecular formula is C10H10F2O2. The van der Waals surface area contributed by atoms with Crippen LogP contribution in [0.5, 0.6) is 5.75 Å². The van der Waals surface area contributed by atoms with Gasteiger partial charge in [-0.15, -0.1) is 0 Å². The lowest BCUT2D eigenvalue weighted by Crippen LogP contribution is -2.00. The molecule has 0 aliphatic carbocycles. The summed E-state index contributed by atoms with van der Waals surface area (Å²) in [6.45, 7) is 1.38. The molecule has 0 bridgehead atoms. The zero-order valence-electron chi connectivity index (χ0n) is 7.93. The fraction of sp³-hybridized carbons (Fsp3) is 0.300. The molecule has 0 heterocycles. The average Bonchev–Trinajstić information content (AvgIpc) is 2.10. The molecule has 1 aromatic rings. The first-order valence-electron chi connectivity index (χ1n) is 4.06. The Kier molecular flexibility index (Phi) is 3.17. The Balaban J connectivity index is 3.09. The summed E-state index contributed by atoms with van der Waals surface area (Å²) in [6, 6.07) is 2.32. The number of carbonyl (C=O) groups is 1. The standard InChI is InChI=1S/C10H10F2O2/c1-6(13)3-7-4-8(11)10(12)9(5-7)14-2/h4-5H,3H2,1-2H3. The molecule has 0 fully saturated rings. The third kappa shape index (κ3) is 2.28. The summed E-state index contributed by atoms with van der Waals surface area (Å²) in [6.07, 6.45) is 0.0769. The lowest BCUT2D eigenvalue weighted by molar-refractivity contribution is -0.116. The van der Waals surface area contributed by atoms with E-state index in [2.05, 4.69) is 4.74 Å². The van der Waals surface area contributed by atoms with E-state index in [1.165, 1.54) is 20.1 Å². The highest BCUT2D eigenvalue weighted by Gasteiger charge is 2.11. The number of hydrogen-bond acceptors (Lipinski definition) is 2. The van der Waals surface area contributed by atoms with Crippen LogP contribution in [0.3, 0.4) is 0 Å². The molecule has 0 aliphatic heterocycles. The third-order valence-corrected chi connectivity index (χ3v) is 1.73. The molecule has 0 aliphatic rings. The Labute approximate surface area is 80.5 Å². The van der Waals surface area contributed by atoms with E-state index >= 15 is 0 Å². The van der Waals surface area contributed by atoms with Crippen LogP contribution in [-0.4, -0.2) is 12.9 Å². The van der Waals surface area contributed by atoms with Crippen molar-refractivity contribution in [2.45, 2.75) is 13.3 Å². The van der Waals surface area contributed by atoms with Gasteiger partial charge in [0.2, 0.25) is 5.82 Å². The molecular weight excluding hydrogens is 190 g/mol. The predicted molar refractivity (Wildman–Crippen MR) is 47.3 cm³/mol. The number of Topliss-reactive ketones (excluding diaryl/α,β-unsaturated/α-hetero) is 1. The van der Waals surface area contributed by atoms with Gasteiger partial charge in [-0.1, -0.05) is 0 Å². The Morgan fingerprint density at radius 1 is 1.43 bits per heavy atom. The Bertz CT molecular complexity index is 361. The van der Waals surface area contributed by atoms with E-state index in [1.807, 2.05) is 0 Å². The van der Waals surface area contributed by atoms with Crippen molar-refractivity contribution in [2.24, 2.45) is 0 Å². The Morgan fingerprint density at radius 3 is 2.57 bits per heavy atom. The van der Waals surface area contributed by atoms with E-state index in [4.69, 9.17) is 0 Å². The highest BCUT2D eigenvalue weighted by atomic mass is 19.2. The van der Waals surface area contributed by atoms with Crippen LogP contribution in [0, 0.1) is 11.6 Å². The molecule has 0 spiro atoms. The zero-order valence-corrected chi connectivity index (χ0v) is 7.93. The number of rotatable bonds is 3. The van der Waals surface area contributed by atoms with Crippen LogP contribution in [0.15, 0.2) is 12.1 Å². The number of benzene rings is 1. The first kappa shape index (κ1) is 10.6. The molecule has 14 heavy (non-hydrogen) atoms. The van der Waals surface area contributed by atoms with Crippen LogP contribution < -0.4 is 4.74 Å². The maximum absolute atomic E-state index is 12.9. The van der Waals surface area contributed by atoms with E-state index in [1.54, 1.807) is 0 Å². The van der Waals surface area contributed by atoms with Gasteiger partial charge in [0, 0.05) is 6.42 Å². The normalized spacial score (nSPS) is 10.0. The number of carbonyl (C=O) groups excluding carboxylic acids is 1. The molecule has 0 atom stereocenters. The van der Waals surface area contributed by atoms with E-state index in [9.17, 15) is 13.6 Å². The minimum Gasteiger partial charge on any atom is -0.494 e. The quantitative estimate of drug-likeness (QED) is 0.746. The summed E-state index contributed by atoms with van der Waals surface area (Å²) < 4.78 is 30.5. The Morgan fingerprint density at radius 2 is 2.07 bits per heavy atom. The van der Waals surface area contributed by atoms with E-state index in [0.29, 0.717) is 5.56 Å². The van der Waals surface area contributed by atoms with Crippen LogP contribution >= 0.6 is 0 Å². The minimum atomic E-state index is -1.03. The van der Waals surface area contributed by atoms with Crippen LogP contribution in [0.1, 0.15) is 12.5 Å². The van der Waals surface area contributed by atoms with Crippen LogP contribution in [0.4, 0.5) is 8.78 Å². The van der Waals surface area contributed by atoms with E-state index < -0.39 is 11.6 Å². The van der Waals surface area contributed by atoms with Gasteiger partial charge in [-0.25, -0.2) is 4.39 Å². The summed E-state index contributed by atoms with van der Waals surface area (Å²) in [7, 11) is 1.25. The largest absolute Gasteiger partial charge is 0.494 e. The van der Waals surface area contributed by atoms with Crippen LogP contribution in [0.2, 0.25) is 0 Å². The average molecular weight is 200 g/mol. The fourth-order valence-corrected chi connectivity index (χ4v) is 1.16. The molecule has 76 valence electrons.